The van der Waals surface area contributed by atoms with Gasteiger partial charge in [-0.2, -0.15) is 0 Å². The third kappa shape index (κ3) is 3.77. The first-order valence-electron chi connectivity index (χ1n) is 6.16. The first-order valence-corrected chi connectivity index (χ1v) is 6.16. The highest BCUT2D eigenvalue weighted by molar-refractivity contribution is 5.96. The lowest BCUT2D eigenvalue weighted by Gasteiger charge is -2.20. The molecule has 0 aromatic heterocycles. The summed E-state index contributed by atoms with van der Waals surface area (Å²) < 4.78 is 13.4. The van der Waals surface area contributed by atoms with E-state index < -0.39 is 23.7 Å². The molecule has 0 aliphatic heterocycles. The Balaban J connectivity index is 2.87. The second-order valence-electron chi connectivity index (χ2n) is 4.64. The first-order chi connectivity index (χ1) is 8.86. The monoisotopic (exact) mass is 267 g/mol. The lowest BCUT2D eigenvalue weighted by atomic mass is 9.99. The van der Waals surface area contributed by atoms with Gasteiger partial charge in [0.2, 0.25) is 0 Å². The number of aryl methyl sites for hydroxylation is 1. The number of amides is 1. The highest BCUT2D eigenvalue weighted by Crippen LogP contribution is 2.12. The minimum atomic E-state index is -1.09. The Labute approximate surface area is 111 Å². The molecule has 4 nitrogen and oxygen atoms in total. The summed E-state index contributed by atoms with van der Waals surface area (Å²) in [5.41, 5.74) is 0.561. The molecule has 1 aromatic carbocycles. The van der Waals surface area contributed by atoms with Crippen LogP contribution in [0.25, 0.3) is 0 Å². The Bertz CT molecular complexity index is 488. The van der Waals surface area contributed by atoms with Crippen molar-refractivity contribution in [3.63, 3.8) is 0 Å². The van der Waals surface area contributed by atoms with Crippen LogP contribution in [-0.4, -0.2) is 23.0 Å². The van der Waals surface area contributed by atoms with Crippen molar-refractivity contribution in [3.8, 4) is 0 Å². The zero-order chi connectivity index (χ0) is 14.6. The number of hydrogen-bond donors (Lipinski definition) is 2. The van der Waals surface area contributed by atoms with E-state index in [9.17, 15) is 14.0 Å². The lowest BCUT2D eigenvalue weighted by molar-refractivity contribution is -0.140. The summed E-state index contributed by atoms with van der Waals surface area (Å²) in [6.07, 6.45) is 0.625. The maximum Gasteiger partial charge on any atom is 0.326 e. The molecule has 104 valence electrons. The molecule has 0 bridgehead atoms. The zero-order valence-corrected chi connectivity index (χ0v) is 11.2. The van der Waals surface area contributed by atoms with Gasteiger partial charge in [0, 0.05) is 5.56 Å². The predicted molar refractivity (Wildman–Crippen MR) is 69.5 cm³/mol. The van der Waals surface area contributed by atoms with Gasteiger partial charge in [-0.1, -0.05) is 26.3 Å². The number of carboxylic acids is 1. The summed E-state index contributed by atoms with van der Waals surface area (Å²) in [7, 11) is 0. The van der Waals surface area contributed by atoms with Gasteiger partial charge in [-0.15, -0.1) is 0 Å². The molecule has 0 saturated heterocycles. The smallest absolute Gasteiger partial charge is 0.326 e. The lowest BCUT2D eigenvalue weighted by Crippen LogP contribution is -2.45. The summed E-state index contributed by atoms with van der Waals surface area (Å²) in [6.45, 7) is 5.18. The van der Waals surface area contributed by atoms with Crippen LogP contribution in [-0.2, 0) is 4.79 Å². The molecule has 2 N–H and O–H groups in total. The van der Waals surface area contributed by atoms with Gasteiger partial charge in [0.1, 0.15) is 11.9 Å². The third-order valence-corrected chi connectivity index (χ3v) is 3.20. The zero-order valence-electron chi connectivity index (χ0n) is 11.2. The molecular weight excluding hydrogens is 249 g/mol. The molecule has 0 aliphatic carbocycles. The molecule has 0 spiro atoms. The molecule has 0 radical (unpaired) electrons. The SMILES string of the molecule is CC[C@H](C)[C@H](NC(=O)c1ccc(C)c(F)c1)C(=O)O. The molecule has 1 aromatic rings. The van der Waals surface area contributed by atoms with Crippen LogP contribution in [0.4, 0.5) is 4.39 Å². The topological polar surface area (TPSA) is 66.4 Å². The molecule has 2 atom stereocenters. The van der Waals surface area contributed by atoms with Crippen LogP contribution < -0.4 is 5.32 Å². The van der Waals surface area contributed by atoms with Crippen molar-refractivity contribution >= 4 is 11.9 Å². The number of hydrogen-bond acceptors (Lipinski definition) is 2. The number of halogens is 1. The fourth-order valence-electron chi connectivity index (χ4n) is 1.64. The van der Waals surface area contributed by atoms with E-state index in [0.717, 1.165) is 6.07 Å². The van der Waals surface area contributed by atoms with Crippen molar-refractivity contribution in [3.05, 3.63) is 35.1 Å². The van der Waals surface area contributed by atoms with Crippen molar-refractivity contribution in [2.75, 3.05) is 0 Å². The molecule has 0 saturated carbocycles. The maximum atomic E-state index is 13.4. The first kappa shape index (κ1) is 15.1. The number of carboxylic acid groups (broad SMARTS) is 1. The summed E-state index contributed by atoms with van der Waals surface area (Å²) >= 11 is 0. The minimum absolute atomic E-state index is 0.123. The van der Waals surface area contributed by atoms with E-state index in [-0.39, 0.29) is 11.5 Å². The van der Waals surface area contributed by atoms with Gasteiger partial charge in [-0.25, -0.2) is 9.18 Å². The summed E-state index contributed by atoms with van der Waals surface area (Å²) in [5.74, 6) is -2.35. The van der Waals surface area contributed by atoms with E-state index in [1.165, 1.54) is 12.1 Å². The van der Waals surface area contributed by atoms with Crippen LogP contribution in [0, 0.1) is 18.7 Å². The van der Waals surface area contributed by atoms with Crippen LogP contribution >= 0.6 is 0 Å². The number of nitrogens with one attached hydrogen (secondary N) is 1. The van der Waals surface area contributed by atoms with Gasteiger partial charge in [-0.05, 0) is 30.5 Å². The Kier molecular flexibility index (Phi) is 5.03. The van der Waals surface area contributed by atoms with Crippen LogP contribution in [0.15, 0.2) is 18.2 Å². The van der Waals surface area contributed by atoms with Gasteiger partial charge in [0.25, 0.3) is 5.91 Å². The largest absolute Gasteiger partial charge is 0.480 e. The van der Waals surface area contributed by atoms with Gasteiger partial charge >= 0.3 is 5.97 Å². The summed E-state index contributed by atoms with van der Waals surface area (Å²) in [4.78, 5) is 23.0. The number of benzene rings is 1. The number of rotatable bonds is 5. The fraction of sp³-hybridized carbons (Fsp3) is 0.429. The standard InChI is InChI=1S/C14H18FNO3/c1-4-8(2)12(14(18)19)16-13(17)10-6-5-9(3)11(15)7-10/h5-8,12H,4H2,1-3H3,(H,16,17)(H,18,19)/t8-,12-/m0/s1. The van der Waals surface area contributed by atoms with Crippen LogP contribution in [0.1, 0.15) is 36.2 Å². The summed E-state index contributed by atoms with van der Waals surface area (Å²) in [6, 6.07) is 3.11. The molecule has 0 fully saturated rings. The minimum Gasteiger partial charge on any atom is -0.480 e. The predicted octanol–water partition coefficient (Wildman–Crippen LogP) is 2.36. The van der Waals surface area contributed by atoms with Gasteiger partial charge in [0.15, 0.2) is 0 Å². The molecule has 19 heavy (non-hydrogen) atoms. The highest BCUT2D eigenvalue weighted by atomic mass is 19.1. The van der Waals surface area contributed by atoms with Crippen LogP contribution in [0.3, 0.4) is 0 Å². The second kappa shape index (κ2) is 6.31. The van der Waals surface area contributed by atoms with Crippen LogP contribution in [0.5, 0.6) is 0 Å². The fourth-order valence-corrected chi connectivity index (χ4v) is 1.64. The van der Waals surface area contributed by atoms with Crippen molar-refractivity contribution < 1.29 is 19.1 Å². The third-order valence-electron chi connectivity index (χ3n) is 3.20. The Morgan fingerprint density at radius 1 is 1.42 bits per heavy atom. The molecular formula is C14H18FNO3. The number of carbonyl (C=O) groups excluding carboxylic acids is 1. The Hall–Kier alpha value is -1.91. The molecule has 0 aliphatic rings. The van der Waals surface area contributed by atoms with Gasteiger partial charge in [-0.3, -0.25) is 4.79 Å². The van der Waals surface area contributed by atoms with Gasteiger partial charge < -0.3 is 10.4 Å². The molecule has 1 amide bonds. The molecule has 0 heterocycles. The van der Waals surface area contributed by atoms with E-state index in [1.54, 1.807) is 13.8 Å². The highest BCUT2D eigenvalue weighted by Gasteiger charge is 2.25. The molecule has 5 heteroatoms. The number of aliphatic carboxylic acids is 1. The van der Waals surface area contributed by atoms with Crippen molar-refractivity contribution in [2.45, 2.75) is 33.2 Å². The average molecular weight is 267 g/mol. The molecule has 1 rings (SSSR count). The van der Waals surface area contributed by atoms with E-state index >= 15 is 0 Å². The Morgan fingerprint density at radius 2 is 2.05 bits per heavy atom. The quantitative estimate of drug-likeness (QED) is 0.860. The average Bonchev–Trinajstić information content (AvgIpc) is 2.37. The normalized spacial score (nSPS) is 13.7. The number of carbonyl (C=O) groups is 2. The molecule has 0 unspecified atom stereocenters. The summed E-state index contributed by atoms with van der Waals surface area (Å²) in [5, 5.41) is 11.5. The van der Waals surface area contributed by atoms with Crippen molar-refractivity contribution in [2.24, 2.45) is 5.92 Å². The maximum absolute atomic E-state index is 13.4. The van der Waals surface area contributed by atoms with Gasteiger partial charge in [0.05, 0.1) is 0 Å². The van der Waals surface area contributed by atoms with Crippen molar-refractivity contribution in [1.82, 2.24) is 5.32 Å². The van der Waals surface area contributed by atoms with E-state index in [1.807, 2.05) is 6.92 Å². The van der Waals surface area contributed by atoms with E-state index in [4.69, 9.17) is 5.11 Å². The second-order valence-corrected chi connectivity index (χ2v) is 4.64. The van der Waals surface area contributed by atoms with E-state index in [2.05, 4.69) is 5.32 Å². The van der Waals surface area contributed by atoms with Crippen molar-refractivity contribution in [1.29, 1.82) is 0 Å². The van der Waals surface area contributed by atoms with E-state index in [0.29, 0.717) is 12.0 Å². The Morgan fingerprint density at radius 3 is 2.53 bits per heavy atom. The van der Waals surface area contributed by atoms with Crippen LogP contribution in [0.2, 0.25) is 0 Å².